The Hall–Kier alpha value is -0.330. The number of rotatable bonds is 6. The molecular weight excluding hydrogens is 303 g/mol. The number of halogens is 1. The van der Waals surface area contributed by atoms with E-state index in [2.05, 4.69) is 12.0 Å². The molecule has 0 rings (SSSR count). The van der Waals surface area contributed by atoms with Crippen LogP contribution >= 0.6 is 0 Å². The quantitative estimate of drug-likeness (QED) is 0.183. The van der Waals surface area contributed by atoms with Crippen LogP contribution in [0.2, 0.25) is 0 Å². The molecule has 0 fully saturated rings. The Morgan fingerprint density at radius 1 is 1.27 bits per heavy atom. The maximum Gasteiger partial charge on any atom is 0.259 e. The van der Waals surface area contributed by atoms with Crippen LogP contribution in [0, 0.1) is 0 Å². The predicted molar refractivity (Wildman–Crippen MR) is 62.0 cm³/mol. The van der Waals surface area contributed by atoms with Crippen LogP contribution in [0.3, 0.4) is 0 Å². The maximum atomic E-state index is 4.34. The van der Waals surface area contributed by atoms with Crippen molar-refractivity contribution in [3.8, 4) is 0 Å². The molecule has 0 aromatic carbocycles. The monoisotopic (exact) mass is 326 g/mol. The lowest BCUT2D eigenvalue weighted by molar-refractivity contribution is -0.464. The summed E-state index contributed by atoms with van der Waals surface area (Å²) < 4.78 is 2.00. The van der Waals surface area contributed by atoms with Crippen LogP contribution in [0.25, 0.3) is 0 Å². The van der Waals surface area contributed by atoms with Crippen molar-refractivity contribution >= 4 is 12.7 Å². The van der Waals surface area contributed by atoms with E-state index >= 15 is 0 Å². The van der Waals surface area contributed by atoms with Crippen molar-refractivity contribution in [1.82, 2.24) is 9.91 Å². The Balaban J connectivity index is 0. The third-order valence-corrected chi connectivity index (χ3v) is 1.54. The Morgan fingerprint density at radius 3 is 2.27 bits per heavy atom. The van der Waals surface area contributed by atoms with Gasteiger partial charge in [0.25, 0.3) is 6.34 Å². The molecule has 5 heteroatoms. The highest BCUT2D eigenvalue weighted by Crippen LogP contribution is 1.92. The minimum atomic E-state index is 0. The van der Waals surface area contributed by atoms with Crippen LogP contribution in [-0.4, -0.2) is 61.9 Å². The zero-order valence-electron chi connectivity index (χ0n) is 10.4. The summed E-state index contributed by atoms with van der Waals surface area (Å²) in [5, 5.41) is 6.30. The zero-order chi connectivity index (χ0) is 11.0. The van der Waals surface area contributed by atoms with E-state index in [1.54, 1.807) is 0 Å². The van der Waals surface area contributed by atoms with Crippen LogP contribution in [-0.2, 0) is 0 Å². The highest BCUT2D eigenvalue weighted by atomic mass is 127. The first-order valence-corrected chi connectivity index (χ1v) is 5.04. The first-order valence-electron chi connectivity index (χ1n) is 5.04. The molecule has 0 saturated carbocycles. The van der Waals surface area contributed by atoms with Gasteiger partial charge in [0.2, 0.25) is 0 Å². The third-order valence-electron chi connectivity index (χ3n) is 1.54. The molecular formula is C10H23IN4. The van der Waals surface area contributed by atoms with Gasteiger partial charge < -0.3 is 28.9 Å². The lowest BCUT2D eigenvalue weighted by Crippen LogP contribution is -3.00. The Morgan fingerprint density at radius 2 is 1.87 bits per heavy atom. The van der Waals surface area contributed by atoms with Gasteiger partial charge in [-0.3, -0.25) is 4.58 Å². The molecule has 0 aliphatic heterocycles. The molecule has 0 aliphatic rings. The van der Waals surface area contributed by atoms with E-state index in [1.165, 1.54) is 6.42 Å². The highest BCUT2D eigenvalue weighted by molar-refractivity contribution is 5.57. The first kappa shape index (κ1) is 17.1. The van der Waals surface area contributed by atoms with Crippen LogP contribution in [0.5, 0.6) is 0 Å². The molecule has 0 saturated heterocycles. The first-order chi connectivity index (χ1) is 6.56. The fourth-order valence-corrected chi connectivity index (χ4v) is 0.902. The molecule has 0 amide bonds. The minimum absolute atomic E-state index is 0. The number of hydrogen-bond acceptors (Lipinski definition) is 1. The lowest BCUT2D eigenvalue weighted by atomic mass is 10.3. The Kier molecular flexibility index (Phi) is 11.6. The number of unbranched alkanes of at least 4 members (excludes halogenated alkanes) is 1. The molecule has 0 heterocycles. The van der Waals surface area contributed by atoms with Crippen molar-refractivity contribution < 1.29 is 28.6 Å². The molecule has 0 spiro atoms. The van der Waals surface area contributed by atoms with Gasteiger partial charge in [-0.05, 0) is 6.42 Å². The Labute approximate surface area is 111 Å². The lowest BCUT2D eigenvalue weighted by Gasteiger charge is -2.08. The van der Waals surface area contributed by atoms with Gasteiger partial charge in [0.15, 0.2) is 0 Å². The second-order valence-electron chi connectivity index (χ2n) is 3.79. The van der Waals surface area contributed by atoms with Crippen LogP contribution in [0.1, 0.15) is 19.8 Å². The van der Waals surface area contributed by atoms with E-state index in [4.69, 9.17) is 0 Å². The molecule has 0 aliphatic carbocycles. The van der Waals surface area contributed by atoms with Gasteiger partial charge in [-0.1, -0.05) is 18.4 Å². The molecule has 15 heavy (non-hydrogen) atoms. The molecule has 0 atom stereocenters. The van der Waals surface area contributed by atoms with Crippen LogP contribution in [0.15, 0.2) is 5.10 Å². The van der Waals surface area contributed by atoms with Crippen molar-refractivity contribution in [1.29, 1.82) is 0 Å². The zero-order valence-corrected chi connectivity index (χ0v) is 12.6. The molecule has 90 valence electrons. The van der Waals surface area contributed by atoms with Crippen molar-refractivity contribution in [2.24, 2.45) is 5.10 Å². The molecule has 0 aromatic heterocycles. The standard InChI is InChI=1S/C10H23N4.HI/c1-6-7-8-14(10-13(4)5)11-9-12(2)3;/h9-10H,6-8H2,1-5H3;1H/q+1;/p-1/b11-9+;. The van der Waals surface area contributed by atoms with Crippen molar-refractivity contribution in [2.45, 2.75) is 19.8 Å². The van der Waals surface area contributed by atoms with Crippen molar-refractivity contribution in [3.63, 3.8) is 0 Å². The second-order valence-corrected chi connectivity index (χ2v) is 3.79. The summed E-state index contributed by atoms with van der Waals surface area (Å²) in [4.78, 5) is 1.93. The van der Waals surface area contributed by atoms with E-state index in [0.717, 1.165) is 13.0 Å². The number of hydrazone groups is 1. The van der Waals surface area contributed by atoms with Gasteiger partial charge in [0.1, 0.15) is 12.9 Å². The molecule has 0 aromatic rings. The normalized spacial score (nSPS) is 9.67. The van der Waals surface area contributed by atoms with E-state index in [9.17, 15) is 0 Å². The van der Waals surface area contributed by atoms with E-state index in [1.807, 2.05) is 55.4 Å². The van der Waals surface area contributed by atoms with Gasteiger partial charge in [0.05, 0.1) is 14.1 Å². The van der Waals surface area contributed by atoms with Gasteiger partial charge >= 0.3 is 0 Å². The average molecular weight is 326 g/mol. The highest BCUT2D eigenvalue weighted by Gasteiger charge is 2.03. The molecule has 4 nitrogen and oxygen atoms in total. The summed E-state index contributed by atoms with van der Waals surface area (Å²) >= 11 is 0. The Bertz CT molecular complexity index is 198. The van der Waals surface area contributed by atoms with Crippen LogP contribution < -0.4 is 24.0 Å². The van der Waals surface area contributed by atoms with Crippen molar-refractivity contribution in [3.05, 3.63) is 0 Å². The van der Waals surface area contributed by atoms with Gasteiger partial charge in [-0.25, -0.2) is 0 Å². The summed E-state index contributed by atoms with van der Waals surface area (Å²) in [6.07, 6.45) is 6.16. The van der Waals surface area contributed by atoms with Gasteiger partial charge in [-0.15, -0.1) is 5.01 Å². The summed E-state index contributed by atoms with van der Waals surface area (Å²) in [5.74, 6) is 0. The SMILES string of the molecule is CCCCN(C=[N+](C)C)/N=C/N(C)C.[I-]. The topological polar surface area (TPSA) is 21.9 Å². The maximum absolute atomic E-state index is 4.34. The molecule has 0 bridgehead atoms. The van der Waals surface area contributed by atoms with Gasteiger partial charge in [-0.2, -0.15) is 0 Å². The second kappa shape index (κ2) is 10.2. The molecule has 0 radical (unpaired) electrons. The van der Waals surface area contributed by atoms with Crippen LogP contribution in [0.4, 0.5) is 0 Å². The summed E-state index contributed by atoms with van der Waals surface area (Å²) in [5.41, 5.74) is 0. The van der Waals surface area contributed by atoms with Gasteiger partial charge in [0, 0.05) is 14.1 Å². The van der Waals surface area contributed by atoms with E-state index in [-0.39, 0.29) is 24.0 Å². The number of nitrogens with zero attached hydrogens (tertiary/aromatic N) is 4. The predicted octanol–water partition coefficient (Wildman–Crippen LogP) is -2.10. The summed E-state index contributed by atoms with van der Waals surface area (Å²) in [6, 6.07) is 0. The summed E-state index contributed by atoms with van der Waals surface area (Å²) in [6.45, 7) is 3.16. The van der Waals surface area contributed by atoms with E-state index < -0.39 is 0 Å². The summed E-state index contributed by atoms with van der Waals surface area (Å²) in [7, 11) is 7.95. The molecule has 0 unspecified atom stereocenters. The van der Waals surface area contributed by atoms with Crippen molar-refractivity contribution in [2.75, 3.05) is 34.7 Å². The third kappa shape index (κ3) is 11.6. The fraction of sp³-hybridized carbons (Fsp3) is 0.800. The average Bonchev–Trinajstić information content (AvgIpc) is 2.09. The number of hydrogen-bond donors (Lipinski definition) is 0. The fourth-order valence-electron chi connectivity index (χ4n) is 0.902. The molecule has 0 N–H and O–H groups in total. The largest absolute Gasteiger partial charge is 1.00 e. The smallest absolute Gasteiger partial charge is 0.259 e. The minimum Gasteiger partial charge on any atom is -1.00 e. The van der Waals surface area contributed by atoms with E-state index in [0.29, 0.717) is 0 Å².